The minimum Gasteiger partial charge on any atom is -0.380 e. The summed E-state index contributed by atoms with van der Waals surface area (Å²) in [5.41, 5.74) is 0.197. The van der Waals surface area contributed by atoms with Crippen LogP contribution in [0.15, 0.2) is 0 Å². The van der Waals surface area contributed by atoms with Crippen LogP contribution in [0.4, 0.5) is 0 Å². The van der Waals surface area contributed by atoms with Crippen molar-refractivity contribution < 1.29 is 4.74 Å². The number of nitrogens with one attached hydrogen (secondary N) is 2. The quantitative estimate of drug-likeness (QED) is 0.683. The van der Waals surface area contributed by atoms with Crippen LogP contribution in [0, 0.1) is 0 Å². The summed E-state index contributed by atoms with van der Waals surface area (Å²) in [5, 5.41) is 6.88. The van der Waals surface area contributed by atoms with E-state index in [1.54, 1.807) is 7.11 Å². The summed E-state index contributed by atoms with van der Waals surface area (Å²) < 4.78 is 5.16. The SMILES string of the molecule is COC(C)CNC(C)CNC(C)(C)C. The van der Waals surface area contributed by atoms with Crippen molar-refractivity contribution >= 4 is 0 Å². The van der Waals surface area contributed by atoms with Crippen LogP contribution in [-0.4, -0.2) is 37.9 Å². The summed E-state index contributed by atoms with van der Waals surface area (Å²) in [6.07, 6.45) is 0.284. The van der Waals surface area contributed by atoms with E-state index in [1.165, 1.54) is 0 Å². The zero-order chi connectivity index (χ0) is 11.2. The van der Waals surface area contributed by atoms with Gasteiger partial charge < -0.3 is 15.4 Å². The van der Waals surface area contributed by atoms with Gasteiger partial charge in [0.2, 0.25) is 0 Å². The molecule has 0 saturated heterocycles. The zero-order valence-electron chi connectivity index (χ0n) is 10.5. The van der Waals surface area contributed by atoms with Gasteiger partial charge in [0.1, 0.15) is 0 Å². The summed E-state index contributed by atoms with van der Waals surface area (Å²) in [4.78, 5) is 0. The largest absolute Gasteiger partial charge is 0.380 e. The van der Waals surface area contributed by atoms with Gasteiger partial charge in [-0.2, -0.15) is 0 Å². The molecule has 0 spiro atoms. The molecule has 0 rings (SSSR count). The van der Waals surface area contributed by atoms with Gasteiger partial charge in [0.05, 0.1) is 6.10 Å². The molecule has 2 atom stereocenters. The number of methoxy groups -OCH3 is 1. The first-order valence-electron chi connectivity index (χ1n) is 5.36. The molecular formula is C11H26N2O. The van der Waals surface area contributed by atoms with Gasteiger partial charge in [-0.1, -0.05) is 0 Å². The molecule has 2 N–H and O–H groups in total. The van der Waals surface area contributed by atoms with Gasteiger partial charge in [0.25, 0.3) is 0 Å². The summed E-state index contributed by atoms with van der Waals surface area (Å²) in [6, 6.07) is 0.479. The summed E-state index contributed by atoms with van der Waals surface area (Å²) in [5.74, 6) is 0. The second-order valence-electron chi connectivity index (χ2n) is 4.99. The average Bonchev–Trinajstić information content (AvgIpc) is 2.09. The first-order valence-corrected chi connectivity index (χ1v) is 5.36. The predicted molar refractivity (Wildman–Crippen MR) is 61.7 cm³/mol. The summed E-state index contributed by atoms with van der Waals surface area (Å²) in [7, 11) is 1.74. The zero-order valence-corrected chi connectivity index (χ0v) is 10.5. The topological polar surface area (TPSA) is 33.3 Å². The van der Waals surface area contributed by atoms with E-state index in [0.29, 0.717) is 6.04 Å². The molecule has 14 heavy (non-hydrogen) atoms. The lowest BCUT2D eigenvalue weighted by atomic mass is 10.1. The molecule has 0 radical (unpaired) electrons. The molecule has 3 nitrogen and oxygen atoms in total. The Morgan fingerprint density at radius 1 is 1.14 bits per heavy atom. The molecule has 0 saturated carbocycles. The van der Waals surface area contributed by atoms with Crippen molar-refractivity contribution in [1.29, 1.82) is 0 Å². The lowest BCUT2D eigenvalue weighted by Gasteiger charge is -2.24. The van der Waals surface area contributed by atoms with Gasteiger partial charge in [-0.05, 0) is 34.6 Å². The van der Waals surface area contributed by atoms with Crippen LogP contribution in [0.1, 0.15) is 34.6 Å². The Morgan fingerprint density at radius 2 is 1.71 bits per heavy atom. The number of hydrogen-bond donors (Lipinski definition) is 2. The third kappa shape index (κ3) is 8.48. The third-order valence-electron chi connectivity index (χ3n) is 2.09. The molecule has 0 aromatic rings. The first kappa shape index (κ1) is 13.9. The second kappa shape index (κ2) is 6.38. The highest BCUT2D eigenvalue weighted by molar-refractivity contribution is 4.74. The average molecular weight is 202 g/mol. The van der Waals surface area contributed by atoms with E-state index < -0.39 is 0 Å². The van der Waals surface area contributed by atoms with E-state index in [-0.39, 0.29) is 11.6 Å². The Bertz CT molecular complexity index is 143. The Morgan fingerprint density at radius 3 is 2.14 bits per heavy atom. The van der Waals surface area contributed by atoms with Crippen LogP contribution in [0.25, 0.3) is 0 Å². The monoisotopic (exact) mass is 202 g/mol. The summed E-state index contributed by atoms with van der Waals surface area (Å²) >= 11 is 0. The van der Waals surface area contributed by atoms with Crippen LogP contribution >= 0.6 is 0 Å². The molecular weight excluding hydrogens is 176 g/mol. The molecule has 0 bridgehead atoms. The normalized spacial score (nSPS) is 16.7. The Labute approximate surface area is 88.6 Å². The molecule has 0 aliphatic carbocycles. The number of hydrogen-bond acceptors (Lipinski definition) is 3. The van der Waals surface area contributed by atoms with Gasteiger partial charge in [0.15, 0.2) is 0 Å². The van der Waals surface area contributed by atoms with Gasteiger partial charge in [-0.3, -0.25) is 0 Å². The minimum absolute atomic E-state index is 0.197. The van der Waals surface area contributed by atoms with E-state index >= 15 is 0 Å². The lowest BCUT2D eigenvalue weighted by Crippen LogP contribution is -2.46. The molecule has 0 aliphatic rings. The van der Waals surface area contributed by atoms with Crippen molar-refractivity contribution in [3.63, 3.8) is 0 Å². The van der Waals surface area contributed by atoms with Crippen molar-refractivity contribution in [2.75, 3.05) is 20.2 Å². The van der Waals surface area contributed by atoms with Gasteiger partial charge in [-0.15, -0.1) is 0 Å². The standard InChI is InChI=1S/C11H26N2O/c1-9(7-13-11(3,4)5)12-8-10(2)14-6/h9-10,12-13H,7-8H2,1-6H3. The predicted octanol–water partition coefficient (Wildman–Crippen LogP) is 1.39. The van der Waals surface area contributed by atoms with Crippen LogP contribution < -0.4 is 10.6 Å². The van der Waals surface area contributed by atoms with E-state index in [1.807, 2.05) is 0 Å². The first-order chi connectivity index (χ1) is 6.35. The molecule has 0 aromatic heterocycles. The van der Waals surface area contributed by atoms with Crippen LogP contribution in [0.5, 0.6) is 0 Å². The fourth-order valence-electron chi connectivity index (χ4n) is 0.982. The number of rotatable bonds is 6. The third-order valence-corrected chi connectivity index (χ3v) is 2.09. The Balaban J connectivity index is 3.51. The van der Waals surface area contributed by atoms with Crippen molar-refractivity contribution in [2.45, 2.75) is 52.3 Å². The van der Waals surface area contributed by atoms with Gasteiger partial charge in [0, 0.05) is 31.8 Å². The molecule has 0 aromatic carbocycles. The molecule has 86 valence electrons. The van der Waals surface area contributed by atoms with Gasteiger partial charge >= 0.3 is 0 Å². The Kier molecular flexibility index (Phi) is 6.33. The van der Waals surface area contributed by atoms with Crippen molar-refractivity contribution in [3.05, 3.63) is 0 Å². The number of ether oxygens (including phenoxy) is 1. The second-order valence-corrected chi connectivity index (χ2v) is 4.99. The highest BCUT2D eigenvalue weighted by atomic mass is 16.5. The molecule has 0 amide bonds. The Hall–Kier alpha value is -0.120. The fourth-order valence-corrected chi connectivity index (χ4v) is 0.982. The van der Waals surface area contributed by atoms with Crippen LogP contribution in [-0.2, 0) is 4.74 Å². The maximum absolute atomic E-state index is 5.16. The molecule has 0 aliphatic heterocycles. The molecule has 3 heteroatoms. The van der Waals surface area contributed by atoms with E-state index in [2.05, 4.69) is 45.3 Å². The van der Waals surface area contributed by atoms with Crippen molar-refractivity contribution in [1.82, 2.24) is 10.6 Å². The lowest BCUT2D eigenvalue weighted by molar-refractivity contribution is 0.114. The van der Waals surface area contributed by atoms with Crippen LogP contribution in [0.2, 0.25) is 0 Å². The molecule has 0 heterocycles. The summed E-state index contributed by atoms with van der Waals surface area (Å²) in [6.45, 7) is 12.7. The highest BCUT2D eigenvalue weighted by Gasteiger charge is 2.11. The van der Waals surface area contributed by atoms with Crippen molar-refractivity contribution in [3.8, 4) is 0 Å². The van der Waals surface area contributed by atoms with Crippen LogP contribution in [0.3, 0.4) is 0 Å². The van der Waals surface area contributed by atoms with E-state index in [0.717, 1.165) is 13.1 Å². The molecule has 0 fully saturated rings. The van der Waals surface area contributed by atoms with Gasteiger partial charge in [-0.25, -0.2) is 0 Å². The van der Waals surface area contributed by atoms with E-state index in [9.17, 15) is 0 Å². The van der Waals surface area contributed by atoms with Crippen molar-refractivity contribution in [2.24, 2.45) is 0 Å². The smallest absolute Gasteiger partial charge is 0.0667 e. The maximum atomic E-state index is 5.16. The maximum Gasteiger partial charge on any atom is 0.0667 e. The molecule has 2 unspecified atom stereocenters. The highest BCUT2D eigenvalue weighted by Crippen LogP contribution is 1.98. The minimum atomic E-state index is 0.197. The fraction of sp³-hybridized carbons (Fsp3) is 1.00. The van der Waals surface area contributed by atoms with E-state index in [4.69, 9.17) is 4.74 Å².